The average Bonchev–Trinajstić information content (AvgIpc) is 2.19. The Morgan fingerprint density at radius 3 is 2.93 bits per heavy atom. The summed E-state index contributed by atoms with van der Waals surface area (Å²) in [7, 11) is 0. The predicted octanol–water partition coefficient (Wildman–Crippen LogP) is 2.75. The lowest BCUT2D eigenvalue weighted by Crippen LogP contribution is -1.95. The lowest BCUT2D eigenvalue weighted by Gasteiger charge is -2.01. The van der Waals surface area contributed by atoms with Gasteiger partial charge >= 0.3 is 0 Å². The molecule has 0 unspecified atom stereocenters. The summed E-state index contributed by atoms with van der Waals surface area (Å²) in [6, 6.07) is 3.92. The summed E-state index contributed by atoms with van der Waals surface area (Å²) in [5.74, 6) is -1.77. The van der Waals surface area contributed by atoms with E-state index in [0.29, 0.717) is 6.42 Å². The van der Waals surface area contributed by atoms with E-state index in [1.807, 2.05) is 6.92 Å². The Morgan fingerprint density at radius 2 is 2.21 bits per heavy atom. The lowest BCUT2D eigenvalue weighted by atomic mass is 10.2. The molecule has 1 radical (unpaired) electrons. The fraction of sp³-hybridized carbons (Fsp3) is 0.300. The fourth-order valence-corrected chi connectivity index (χ4v) is 0.872. The van der Waals surface area contributed by atoms with Gasteiger partial charge in [-0.15, -0.1) is 0 Å². The Bertz CT molecular complexity index is 326. The number of nitrogens with zero attached hydrogens (tertiary/aromatic N) is 1. The molecule has 2 nitrogen and oxygen atoms in total. The van der Waals surface area contributed by atoms with E-state index in [2.05, 4.69) is 11.4 Å². The van der Waals surface area contributed by atoms with Crippen molar-refractivity contribution in [2.75, 3.05) is 0 Å². The number of halogens is 2. The summed E-state index contributed by atoms with van der Waals surface area (Å²) in [4.78, 5) is 4.70. The second-order valence-electron chi connectivity index (χ2n) is 2.59. The van der Waals surface area contributed by atoms with Crippen LogP contribution in [0.15, 0.2) is 23.4 Å². The first-order valence-electron chi connectivity index (χ1n) is 4.23. The van der Waals surface area contributed by atoms with Crippen molar-refractivity contribution in [3.05, 3.63) is 35.4 Å². The standard InChI is InChI=1S/C10H10F2NO/c1-2-6-13-14-7-8-4-3-5-9(11)10(8)12/h3-5H,2,7H2,1H3. The molecular formula is C10H10F2NO. The molecule has 0 aliphatic heterocycles. The molecule has 0 atom stereocenters. The molecule has 1 aromatic rings. The summed E-state index contributed by atoms with van der Waals surface area (Å²) in [6.07, 6.45) is 3.16. The molecule has 0 bridgehead atoms. The summed E-state index contributed by atoms with van der Waals surface area (Å²) in [6.45, 7) is 1.76. The third-order valence-electron chi connectivity index (χ3n) is 1.54. The van der Waals surface area contributed by atoms with E-state index in [4.69, 9.17) is 4.84 Å². The minimum atomic E-state index is -0.890. The Labute approximate surface area is 81.2 Å². The molecule has 1 aromatic carbocycles. The predicted molar refractivity (Wildman–Crippen MR) is 48.9 cm³/mol. The van der Waals surface area contributed by atoms with Crippen LogP contribution in [0.5, 0.6) is 0 Å². The molecule has 0 amide bonds. The first-order valence-corrected chi connectivity index (χ1v) is 4.23. The van der Waals surface area contributed by atoms with Gasteiger partial charge in [-0.1, -0.05) is 24.2 Å². The summed E-state index contributed by atoms with van der Waals surface area (Å²) < 4.78 is 25.7. The molecule has 75 valence electrons. The van der Waals surface area contributed by atoms with E-state index >= 15 is 0 Å². The van der Waals surface area contributed by atoms with Crippen LogP contribution in [-0.2, 0) is 11.4 Å². The van der Waals surface area contributed by atoms with Gasteiger partial charge in [-0.05, 0) is 12.5 Å². The Morgan fingerprint density at radius 1 is 1.43 bits per heavy atom. The molecule has 1 rings (SSSR count). The fourth-order valence-electron chi connectivity index (χ4n) is 0.872. The van der Waals surface area contributed by atoms with Gasteiger partial charge in [0.25, 0.3) is 0 Å². The molecule has 0 aliphatic carbocycles. The Hall–Kier alpha value is -1.45. The highest BCUT2D eigenvalue weighted by Crippen LogP contribution is 2.12. The smallest absolute Gasteiger partial charge is 0.165 e. The molecule has 0 aliphatic rings. The molecule has 0 N–H and O–H groups in total. The van der Waals surface area contributed by atoms with Crippen LogP contribution in [-0.4, -0.2) is 6.21 Å². The minimum absolute atomic E-state index is 0.0867. The van der Waals surface area contributed by atoms with Gasteiger partial charge < -0.3 is 4.84 Å². The van der Waals surface area contributed by atoms with Crippen molar-refractivity contribution in [1.29, 1.82) is 0 Å². The van der Waals surface area contributed by atoms with Crippen molar-refractivity contribution >= 4 is 6.21 Å². The van der Waals surface area contributed by atoms with E-state index in [0.717, 1.165) is 6.07 Å². The monoisotopic (exact) mass is 198 g/mol. The molecule has 0 heterocycles. The van der Waals surface area contributed by atoms with Crippen molar-refractivity contribution in [2.24, 2.45) is 5.16 Å². The number of benzene rings is 1. The Balaban J connectivity index is 2.59. The van der Waals surface area contributed by atoms with Crippen molar-refractivity contribution in [2.45, 2.75) is 20.0 Å². The van der Waals surface area contributed by atoms with Crippen LogP contribution < -0.4 is 0 Å². The molecule has 0 spiro atoms. The Kier molecular flexibility index (Phi) is 4.04. The quantitative estimate of drug-likeness (QED) is 0.538. The third-order valence-corrected chi connectivity index (χ3v) is 1.54. The lowest BCUT2D eigenvalue weighted by molar-refractivity contribution is 0.128. The second kappa shape index (κ2) is 5.32. The zero-order chi connectivity index (χ0) is 10.4. The maximum absolute atomic E-state index is 13.0. The van der Waals surface area contributed by atoms with Crippen LogP contribution in [0.4, 0.5) is 8.78 Å². The van der Waals surface area contributed by atoms with Crippen LogP contribution in [0, 0.1) is 11.6 Å². The van der Waals surface area contributed by atoms with Gasteiger partial charge in [-0.3, -0.25) is 0 Å². The molecule has 0 aromatic heterocycles. The van der Waals surface area contributed by atoms with Gasteiger partial charge in [0.1, 0.15) is 12.8 Å². The molecule has 0 fully saturated rings. The van der Waals surface area contributed by atoms with E-state index in [1.165, 1.54) is 12.1 Å². The van der Waals surface area contributed by atoms with Crippen molar-refractivity contribution in [3.8, 4) is 0 Å². The van der Waals surface area contributed by atoms with Crippen LogP contribution in [0.3, 0.4) is 0 Å². The van der Waals surface area contributed by atoms with Crippen molar-refractivity contribution in [3.63, 3.8) is 0 Å². The zero-order valence-corrected chi connectivity index (χ0v) is 7.76. The van der Waals surface area contributed by atoms with E-state index in [9.17, 15) is 8.78 Å². The van der Waals surface area contributed by atoms with E-state index in [1.54, 1.807) is 0 Å². The van der Waals surface area contributed by atoms with E-state index < -0.39 is 11.6 Å². The second-order valence-corrected chi connectivity index (χ2v) is 2.59. The van der Waals surface area contributed by atoms with Gasteiger partial charge in [-0.2, -0.15) is 0 Å². The molecular weight excluding hydrogens is 188 g/mol. The van der Waals surface area contributed by atoms with Gasteiger partial charge in [0, 0.05) is 5.56 Å². The summed E-state index contributed by atoms with van der Waals surface area (Å²) >= 11 is 0. The van der Waals surface area contributed by atoms with Gasteiger partial charge in [0.2, 0.25) is 0 Å². The zero-order valence-electron chi connectivity index (χ0n) is 7.76. The van der Waals surface area contributed by atoms with Gasteiger partial charge in [-0.25, -0.2) is 8.78 Å². The summed E-state index contributed by atoms with van der Waals surface area (Å²) in [5.41, 5.74) is 0.145. The molecule has 0 saturated carbocycles. The largest absolute Gasteiger partial charge is 0.391 e. The highest BCUT2D eigenvalue weighted by atomic mass is 19.2. The van der Waals surface area contributed by atoms with Crippen molar-refractivity contribution < 1.29 is 13.6 Å². The van der Waals surface area contributed by atoms with Crippen LogP contribution in [0.1, 0.15) is 18.9 Å². The summed E-state index contributed by atoms with van der Waals surface area (Å²) in [5, 5.41) is 3.42. The molecule has 14 heavy (non-hydrogen) atoms. The highest BCUT2D eigenvalue weighted by Gasteiger charge is 2.06. The van der Waals surface area contributed by atoms with E-state index in [-0.39, 0.29) is 12.2 Å². The molecule has 0 saturated heterocycles. The minimum Gasteiger partial charge on any atom is -0.391 e. The maximum atomic E-state index is 13.0. The number of hydrogen-bond donors (Lipinski definition) is 0. The third kappa shape index (κ3) is 2.80. The number of hydrogen-bond acceptors (Lipinski definition) is 2. The molecule has 4 heteroatoms. The first kappa shape index (κ1) is 10.6. The SMILES string of the molecule is CC/[C]=N\OCc1cccc(F)c1F. The highest BCUT2D eigenvalue weighted by molar-refractivity contribution is 5.55. The van der Waals surface area contributed by atoms with Crippen LogP contribution >= 0.6 is 0 Å². The van der Waals surface area contributed by atoms with Crippen molar-refractivity contribution in [1.82, 2.24) is 0 Å². The maximum Gasteiger partial charge on any atom is 0.165 e. The topological polar surface area (TPSA) is 21.6 Å². The normalized spacial score (nSPS) is 10.8. The number of rotatable bonds is 4. The van der Waals surface area contributed by atoms with Crippen LogP contribution in [0.2, 0.25) is 0 Å². The van der Waals surface area contributed by atoms with Gasteiger partial charge in [0.15, 0.2) is 11.6 Å². The van der Waals surface area contributed by atoms with Gasteiger partial charge in [0.05, 0.1) is 0 Å². The first-order chi connectivity index (χ1) is 6.75. The van der Waals surface area contributed by atoms with Crippen LogP contribution in [0.25, 0.3) is 0 Å². The average molecular weight is 198 g/mol.